The van der Waals surface area contributed by atoms with E-state index in [2.05, 4.69) is 12.1 Å². The molecule has 8 nitrogen and oxygen atoms in total. The van der Waals surface area contributed by atoms with E-state index in [-0.39, 0.29) is 29.9 Å². The summed E-state index contributed by atoms with van der Waals surface area (Å²) in [5, 5.41) is 3.62. The Morgan fingerprint density at radius 1 is 0.741 bits per heavy atom. The minimum Gasteiger partial charge on any atom is -0.463 e. The van der Waals surface area contributed by atoms with Crippen LogP contribution in [0.1, 0.15) is 53.6 Å². The van der Waals surface area contributed by atoms with E-state index in [0.717, 1.165) is 49.4 Å². The number of aromatic nitrogens is 1. The highest BCUT2D eigenvalue weighted by Crippen LogP contribution is 2.65. The first-order valence-electron chi connectivity index (χ1n) is 19.6. The summed E-state index contributed by atoms with van der Waals surface area (Å²) in [6.07, 6.45) is 1.95. The van der Waals surface area contributed by atoms with Crippen LogP contribution in [0.4, 0.5) is 5.69 Å². The summed E-state index contributed by atoms with van der Waals surface area (Å²) in [4.78, 5) is 66.4. The van der Waals surface area contributed by atoms with Crippen LogP contribution < -0.4 is 19.8 Å². The fourth-order valence-corrected chi connectivity index (χ4v) is 11.6. The van der Waals surface area contributed by atoms with Crippen molar-refractivity contribution in [2.75, 3.05) is 11.5 Å². The third-order valence-corrected chi connectivity index (χ3v) is 13.7. The van der Waals surface area contributed by atoms with Gasteiger partial charge in [-0.2, -0.15) is 0 Å². The van der Waals surface area contributed by atoms with E-state index in [9.17, 15) is 4.79 Å². The number of rotatable bonds is 5. The molecule has 5 aliphatic rings. The summed E-state index contributed by atoms with van der Waals surface area (Å²) in [6.45, 7) is 3.70. The summed E-state index contributed by atoms with van der Waals surface area (Å²) in [5.74, 6) is -2.97. The molecule has 3 heterocycles. The van der Waals surface area contributed by atoms with Gasteiger partial charge in [-0.3, -0.25) is 19.0 Å². The van der Waals surface area contributed by atoms with E-state index in [0.29, 0.717) is 26.3 Å². The molecular formula is C49H35N3O5S. The maximum atomic E-state index is 15.4. The zero-order valence-electron chi connectivity index (χ0n) is 31.6. The minimum absolute atomic E-state index is 0.162. The Balaban J connectivity index is 1.19. The lowest BCUT2D eigenvalue weighted by molar-refractivity contribution is -0.139. The van der Waals surface area contributed by atoms with E-state index in [1.165, 1.54) is 16.2 Å². The van der Waals surface area contributed by atoms with E-state index >= 15 is 14.4 Å². The van der Waals surface area contributed by atoms with Crippen LogP contribution in [0.15, 0.2) is 155 Å². The van der Waals surface area contributed by atoms with Gasteiger partial charge in [0.05, 0.1) is 51.4 Å². The number of esters is 1. The number of allylic oxidation sites excluding steroid dienone is 1. The molecule has 1 fully saturated rings. The van der Waals surface area contributed by atoms with Crippen molar-refractivity contribution in [3.8, 4) is 0 Å². The zero-order valence-corrected chi connectivity index (χ0v) is 32.4. The third-order valence-electron chi connectivity index (χ3n) is 12.7. The number of benzene rings is 6. The number of hydrogen-bond acceptors (Lipinski definition) is 7. The standard InChI is InChI=1S/C49H35N3O5S/c1-3-57-47(56)39-27(2)50-48-52(43(39)32-22-12-16-28-14-4-6-18-30(28)32)44(53)38(58-48)26-49-35-23-10-8-20-33(35)40(34-21-9-11-24-36(34)49)41-42(49)46(55)51(45(41)54)37-25-13-17-29-15-5-7-19-31(29)37/h4-26,40-43H,3H2,1-2H3/b38-26+/t40?,41-,42-,43-,49?/m0/s1. The predicted octanol–water partition coefficient (Wildman–Crippen LogP) is 7.31. The summed E-state index contributed by atoms with van der Waals surface area (Å²) in [6, 6.07) is 42.6. The molecule has 6 aromatic carbocycles. The van der Waals surface area contributed by atoms with Gasteiger partial charge in [0.2, 0.25) is 11.8 Å². The molecule has 2 aliphatic heterocycles. The lowest BCUT2D eigenvalue weighted by atomic mass is 9.47. The fraction of sp³-hybridized carbons (Fsp3) is 0.163. The molecule has 0 unspecified atom stereocenters. The number of hydrogen-bond donors (Lipinski definition) is 0. The van der Waals surface area contributed by atoms with Gasteiger partial charge in [-0.25, -0.2) is 14.7 Å². The molecule has 9 heteroatoms. The van der Waals surface area contributed by atoms with Gasteiger partial charge in [0.25, 0.3) is 5.56 Å². The van der Waals surface area contributed by atoms with E-state index in [4.69, 9.17) is 9.73 Å². The van der Waals surface area contributed by atoms with Crippen LogP contribution in [0.5, 0.6) is 0 Å². The van der Waals surface area contributed by atoms with Gasteiger partial charge >= 0.3 is 5.97 Å². The molecule has 0 saturated carbocycles. The Bertz CT molecular complexity index is 3140. The number of carbonyl (C=O) groups excluding carboxylic acids is 3. The maximum absolute atomic E-state index is 15.4. The molecule has 7 aromatic rings. The van der Waals surface area contributed by atoms with Gasteiger partial charge in [0, 0.05) is 11.3 Å². The van der Waals surface area contributed by atoms with Gasteiger partial charge in [0.15, 0.2) is 4.80 Å². The van der Waals surface area contributed by atoms with Crippen LogP contribution in [0.3, 0.4) is 0 Å². The highest BCUT2D eigenvalue weighted by molar-refractivity contribution is 7.07. The Morgan fingerprint density at radius 2 is 1.33 bits per heavy atom. The van der Waals surface area contributed by atoms with Gasteiger partial charge in [-0.1, -0.05) is 139 Å². The molecule has 2 bridgehead atoms. The molecule has 3 aliphatic carbocycles. The molecule has 282 valence electrons. The molecule has 0 N–H and O–H groups in total. The average Bonchev–Trinajstić information content (AvgIpc) is 3.70. The summed E-state index contributed by atoms with van der Waals surface area (Å²) >= 11 is 1.24. The third kappa shape index (κ3) is 4.53. The number of amides is 2. The number of carbonyl (C=O) groups is 3. The highest BCUT2D eigenvalue weighted by Gasteiger charge is 2.67. The molecule has 58 heavy (non-hydrogen) atoms. The number of anilines is 1. The van der Waals surface area contributed by atoms with Crippen molar-refractivity contribution in [1.29, 1.82) is 0 Å². The molecule has 0 spiro atoms. The maximum Gasteiger partial charge on any atom is 0.338 e. The van der Waals surface area contributed by atoms with Crippen LogP contribution >= 0.6 is 11.3 Å². The molecular weight excluding hydrogens is 743 g/mol. The number of imide groups is 1. The fourth-order valence-electron chi connectivity index (χ4n) is 10.5. The monoisotopic (exact) mass is 777 g/mol. The van der Waals surface area contributed by atoms with Crippen molar-refractivity contribution >= 4 is 62.4 Å². The molecule has 3 atom stereocenters. The molecule has 1 aromatic heterocycles. The number of fused-ring (bicyclic) bond motifs is 3. The Kier molecular flexibility index (Phi) is 7.53. The molecule has 2 amide bonds. The van der Waals surface area contributed by atoms with Gasteiger partial charge in [0.1, 0.15) is 0 Å². The van der Waals surface area contributed by atoms with E-state index in [1.54, 1.807) is 18.4 Å². The quantitative estimate of drug-likeness (QED) is 0.135. The van der Waals surface area contributed by atoms with Crippen molar-refractivity contribution in [2.24, 2.45) is 16.8 Å². The van der Waals surface area contributed by atoms with Crippen molar-refractivity contribution < 1.29 is 19.1 Å². The first-order chi connectivity index (χ1) is 28.3. The van der Waals surface area contributed by atoms with Crippen LogP contribution in [-0.2, 0) is 24.5 Å². The van der Waals surface area contributed by atoms with Gasteiger partial charge in [-0.15, -0.1) is 0 Å². The topological polar surface area (TPSA) is 98.0 Å². The van der Waals surface area contributed by atoms with Gasteiger partial charge in [-0.05, 0) is 70.0 Å². The Morgan fingerprint density at radius 3 is 2.03 bits per heavy atom. The molecule has 0 radical (unpaired) electrons. The Labute approximate surface area is 336 Å². The second-order valence-corrected chi connectivity index (χ2v) is 16.4. The van der Waals surface area contributed by atoms with Crippen molar-refractivity contribution in [3.05, 3.63) is 192 Å². The smallest absolute Gasteiger partial charge is 0.338 e. The Hall–Kier alpha value is -6.71. The normalized spacial score (nSPS) is 23.1. The first kappa shape index (κ1) is 34.5. The SMILES string of the molecule is CCOC(=O)C1=C(C)N=c2s/c(=C/C34c5ccccc5C(c5ccccc53)[C@@H]3C(=O)N(c5cccc6ccccc56)C(=O)[C@H]34)c(=O)n2[C@H]1c1cccc2ccccc12. The summed E-state index contributed by atoms with van der Waals surface area (Å²) in [5.41, 5.74) is 4.33. The lowest BCUT2D eigenvalue weighted by Gasteiger charge is -2.53. The number of thiazole rings is 1. The summed E-state index contributed by atoms with van der Waals surface area (Å²) in [7, 11) is 0. The van der Waals surface area contributed by atoms with Crippen LogP contribution in [0.2, 0.25) is 0 Å². The van der Waals surface area contributed by atoms with Crippen LogP contribution in [-0.4, -0.2) is 29.0 Å². The van der Waals surface area contributed by atoms with Crippen LogP contribution in [0.25, 0.3) is 27.6 Å². The lowest BCUT2D eigenvalue weighted by Crippen LogP contribution is -2.53. The van der Waals surface area contributed by atoms with Gasteiger partial charge < -0.3 is 4.74 Å². The van der Waals surface area contributed by atoms with Crippen LogP contribution in [0, 0.1) is 11.8 Å². The first-order valence-corrected chi connectivity index (χ1v) is 20.4. The molecule has 1 saturated heterocycles. The van der Waals surface area contributed by atoms with E-state index < -0.39 is 29.3 Å². The second kappa shape index (κ2) is 12.6. The molecule has 12 rings (SSSR count). The highest BCUT2D eigenvalue weighted by atomic mass is 32.1. The van der Waals surface area contributed by atoms with Crippen molar-refractivity contribution in [1.82, 2.24) is 4.57 Å². The number of nitrogens with zero attached hydrogens (tertiary/aromatic N) is 3. The van der Waals surface area contributed by atoms with Crippen molar-refractivity contribution in [3.63, 3.8) is 0 Å². The number of ether oxygens (including phenoxy) is 1. The predicted molar refractivity (Wildman–Crippen MR) is 224 cm³/mol. The largest absolute Gasteiger partial charge is 0.463 e. The van der Waals surface area contributed by atoms with E-state index in [1.807, 2.05) is 127 Å². The average molecular weight is 778 g/mol. The summed E-state index contributed by atoms with van der Waals surface area (Å²) < 4.78 is 7.59. The zero-order chi connectivity index (χ0) is 39.4. The minimum atomic E-state index is -1.19. The second-order valence-electron chi connectivity index (χ2n) is 15.4. The van der Waals surface area contributed by atoms with Crippen molar-refractivity contribution in [2.45, 2.75) is 31.2 Å².